The number of allylic oxidation sites excluding steroid dienone is 2. The number of fused-ring (bicyclic) bond motifs is 4. The number of nitrogens with zero attached hydrogens (tertiary/aromatic N) is 2. The van der Waals surface area contributed by atoms with Gasteiger partial charge in [-0.3, -0.25) is 14.4 Å². The Morgan fingerprint density at radius 1 is 1.10 bits per heavy atom. The van der Waals surface area contributed by atoms with Gasteiger partial charge in [0.15, 0.2) is 0 Å². The number of ether oxygens (including phenoxy) is 3. The number of aromatic nitrogens is 1. The Labute approximate surface area is 289 Å². The fourth-order valence-electron chi connectivity index (χ4n) is 6.38. The molecule has 5 rings (SSSR count). The van der Waals surface area contributed by atoms with E-state index in [1.54, 1.807) is 68.2 Å². The van der Waals surface area contributed by atoms with Gasteiger partial charge in [0.1, 0.15) is 6.61 Å². The van der Waals surface area contributed by atoms with Crippen LogP contribution in [0.25, 0.3) is 17.8 Å². The van der Waals surface area contributed by atoms with Crippen molar-refractivity contribution in [2.24, 2.45) is 0 Å². The van der Waals surface area contributed by atoms with Crippen LogP contribution >= 0.6 is 0 Å². The molecule has 0 bridgehead atoms. The van der Waals surface area contributed by atoms with Gasteiger partial charge in [0.25, 0.3) is 0 Å². The SMILES string of the molecule is CCOC(=O)C(CC)(OC(=O)OCc1ccc(NC(=O)CNC=O)cc1)C1=C(C)CC(=O)N2Cc3c(nc4c(c3CC)=CCC(O)=CC=4)C2=C1. The molecular formula is C37H40N4O9. The molecule has 13 nitrogen and oxygen atoms in total. The maximum atomic E-state index is 13.8. The molecule has 0 fully saturated rings. The smallest absolute Gasteiger partial charge is 0.510 e. The van der Waals surface area contributed by atoms with E-state index in [-0.39, 0.29) is 50.8 Å². The largest absolute Gasteiger partial charge is 0.512 e. The summed E-state index contributed by atoms with van der Waals surface area (Å²) in [5.41, 5.74) is 2.91. The Bertz CT molecular complexity index is 1950. The van der Waals surface area contributed by atoms with Crippen LogP contribution in [0.4, 0.5) is 10.5 Å². The van der Waals surface area contributed by atoms with Crippen LogP contribution in [0.2, 0.25) is 0 Å². The number of aliphatic hydroxyl groups excluding tert-OH is 1. The van der Waals surface area contributed by atoms with Crippen molar-refractivity contribution in [3.05, 3.63) is 86.3 Å². The van der Waals surface area contributed by atoms with Gasteiger partial charge < -0.3 is 34.9 Å². The first-order valence-electron chi connectivity index (χ1n) is 16.5. The van der Waals surface area contributed by atoms with Crippen molar-refractivity contribution in [3.8, 4) is 0 Å². The number of carbonyl (C=O) groups excluding carboxylic acids is 5. The van der Waals surface area contributed by atoms with Crippen LogP contribution in [0, 0.1) is 0 Å². The monoisotopic (exact) mass is 684 g/mol. The van der Waals surface area contributed by atoms with E-state index in [2.05, 4.69) is 10.6 Å². The van der Waals surface area contributed by atoms with Crippen LogP contribution in [-0.2, 0) is 53.0 Å². The van der Waals surface area contributed by atoms with Gasteiger partial charge in [-0.2, -0.15) is 0 Å². The van der Waals surface area contributed by atoms with E-state index in [0.29, 0.717) is 58.4 Å². The summed E-state index contributed by atoms with van der Waals surface area (Å²) in [7, 11) is 0. The van der Waals surface area contributed by atoms with Gasteiger partial charge >= 0.3 is 12.1 Å². The molecule has 1 atom stereocenters. The van der Waals surface area contributed by atoms with Gasteiger partial charge in [-0.25, -0.2) is 14.6 Å². The number of benzene rings is 1. The number of carbonyl (C=O) groups is 5. The first kappa shape index (κ1) is 35.6. The van der Waals surface area contributed by atoms with Gasteiger partial charge in [-0.1, -0.05) is 37.6 Å². The second-order valence-corrected chi connectivity index (χ2v) is 12.0. The summed E-state index contributed by atoms with van der Waals surface area (Å²) in [6.45, 7) is 7.01. The summed E-state index contributed by atoms with van der Waals surface area (Å²) >= 11 is 0. The maximum absolute atomic E-state index is 13.8. The van der Waals surface area contributed by atoms with Crippen molar-refractivity contribution in [1.82, 2.24) is 15.2 Å². The van der Waals surface area contributed by atoms with E-state index in [0.717, 1.165) is 16.3 Å². The van der Waals surface area contributed by atoms with Gasteiger partial charge in [-0.15, -0.1) is 0 Å². The Morgan fingerprint density at radius 2 is 1.86 bits per heavy atom. The van der Waals surface area contributed by atoms with E-state index in [1.165, 1.54) is 0 Å². The summed E-state index contributed by atoms with van der Waals surface area (Å²) < 4.78 is 16.8. The van der Waals surface area contributed by atoms with Gasteiger partial charge in [0.2, 0.25) is 23.8 Å². The van der Waals surface area contributed by atoms with Crippen LogP contribution in [0.5, 0.6) is 0 Å². The van der Waals surface area contributed by atoms with Crippen LogP contribution in [0.15, 0.2) is 53.3 Å². The van der Waals surface area contributed by atoms with E-state index in [1.807, 2.05) is 13.0 Å². The molecule has 0 spiro atoms. The van der Waals surface area contributed by atoms with E-state index in [9.17, 15) is 29.1 Å². The standard InChI is InChI=1S/C37H40N4O9/c1-5-26-27-14-12-25(43)13-15-30(27)40-34-28(26)19-41-31(34)17-29(22(4)16-33(41)45)37(6-2,35(46)48-7-3)50-36(47)49-20-23-8-10-24(11-9-23)39-32(44)18-38-21-42/h8-11,13-15,17,21,43H,5-7,12,16,18-20H2,1-4H3,(H,38,42)(H,39,44). The topological polar surface area (TPSA) is 173 Å². The molecular weight excluding hydrogens is 644 g/mol. The number of amides is 3. The predicted octanol–water partition coefficient (Wildman–Crippen LogP) is 3.20. The lowest BCUT2D eigenvalue weighted by atomic mass is 9.85. The molecule has 1 aromatic heterocycles. The lowest BCUT2D eigenvalue weighted by molar-refractivity contribution is -0.163. The molecule has 3 aliphatic rings. The number of pyridine rings is 1. The van der Waals surface area contributed by atoms with E-state index < -0.39 is 23.6 Å². The second-order valence-electron chi connectivity index (χ2n) is 12.0. The first-order chi connectivity index (χ1) is 24.0. The van der Waals surface area contributed by atoms with Crippen LogP contribution < -0.4 is 21.2 Å². The highest BCUT2D eigenvalue weighted by molar-refractivity contribution is 5.96. The third-order valence-corrected chi connectivity index (χ3v) is 8.83. The predicted molar refractivity (Wildman–Crippen MR) is 183 cm³/mol. The molecule has 50 heavy (non-hydrogen) atoms. The Kier molecular flexibility index (Phi) is 10.8. The minimum Gasteiger partial charge on any atom is -0.512 e. The highest BCUT2D eigenvalue weighted by atomic mass is 16.7. The zero-order valence-corrected chi connectivity index (χ0v) is 28.5. The van der Waals surface area contributed by atoms with Gasteiger partial charge in [0, 0.05) is 34.9 Å². The number of nitrogens with one attached hydrogen (secondary N) is 2. The number of aliphatic hydroxyl groups is 1. The molecule has 1 aromatic carbocycles. The Morgan fingerprint density at radius 3 is 2.54 bits per heavy atom. The normalized spacial score (nSPS) is 16.0. The highest BCUT2D eigenvalue weighted by Crippen LogP contribution is 2.41. The van der Waals surface area contributed by atoms with Crippen molar-refractivity contribution in [3.63, 3.8) is 0 Å². The minimum atomic E-state index is -1.94. The third-order valence-electron chi connectivity index (χ3n) is 8.83. The average Bonchev–Trinajstić information content (AvgIpc) is 3.28. The van der Waals surface area contributed by atoms with Crippen LogP contribution in [0.1, 0.15) is 69.3 Å². The summed E-state index contributed by atoms with van der Waals surface area (Å²) in [5, 5.41) is 16.7. The molecule has 2 aliphatic heterocycles. The molecule has 0 saturated carbocycles. The van der Waals surface area contributed by atoms with Gasteiger partial charge in [-0.05, 0) is 68.2 Å². The summed E-state index contributed by atoms with van der Waals surface area (Å²) in [6.07, 6.45) is 7.29. The number of rotatable bonds is 12. The maximum Gasteiger partial charge on any atom is 0.510 e. The number of hydrogen-bond donors (Lipinski definition) is 3. The van der Waals surface area contributed by atoms with Crippen molar-refractivity contribution in [1.29, 1.82) is 0 Å². The lowest BCUT2D eigenvalue weighted by Gasteiger charge is -2.32. The number of hydrogen-bond acceptors (Lipinski definition) is 10. The fourth-order valence-corrected chi connectivity index (χ4v) is 6.38. The first-order valence-corrected chi connectivity index (χ1v) is 16.5. The molecule has 1 aliphatic carbocycles. The lowest BCUT2D eigenvalue weighted by Crippen LogP contribution is -2.46. The quantitative estimate of drug-likeness (QED) is 0.223. The summed E-state index contributed by atoms with van der Waals surface area (Å²) in [6, 6.07) is 6.49. The zero-order valence-electron chi connectivity index (χ0n) is 28.5. The van der Waals surface area contributed by atoms with Crippen molar-refractivity contribution in [2.75, 3.05) is 18.5 Å². The van der Waals surface area contributed by atoms with E-state index in [4.69, 9.17) is 19.2 Å². The number of esters is 1. The zero-order chi connectivity index (χ0) is 36.0. The molecule has 1 unspecified atom stereocenters. The fraction of sp³-hybridized carbons (Fsp3) is 0.351. The average molecular weight is 685 g/mol. The van der Waals surface area contributed by atoms with Gasteiger partial charge in [0.05, 0.1) is 42.2 Å². The van der Waals surface area contributed by atoms with E-state index >= 15 is 0 Å². The minimum absolute atomic E-state index is 0.0174. The molecule has 0 radical (unpaired) electrons. The van der Waals surface area contributed by atoms with Crippen LogP contribution in [0.3, 0.4) is 0 Å². The molecule has 3 N–H and O–H groups in total. The van der Waals surface area contributed by atoms with Crippen molar-refractivity contribution in [2.45, 2.75) is 72.1 Å². The molecule has 262 valence electrons. The van der Waals surface area contributed by atoms with Crippen LogP contribution in [-0.4, -0.2) is 64.1 Å². The second kappa shape index (κ2) is 15.2. The summed E-state index contributed by atoms with van der Waals surface area (Å²) in [5.74, 6) is -1.19. The molecule has 2 aromatic rings. The summed E-state index contributed by atoms with van der Waals surface area (Å²) in [4.78, 5) is 69.7. The Balaban J connectivity index is 1.48. The molecule has 13 heteroatoms. The number of anilines is 1. The Hall–Kier alpha value is -5.72. The molecule has 3 heterocycles. The molecule has 0 saturated heterocycles. The van der Waals surface area contributed by atoms with Crippen molar-refractivity contribution >= 4 is 53.9 Å². The third kappa shape index (κ3) is 7.16. The van der Waals surface area contributed by atoms with Crippen molar-refractivity contribution < 1.29 is 43.3 Å². The highest BCUT2D eigenvalue weighted by Gasteiger charge is 2.49. The molecule has 3 amide bonds.